The lowest BCUT2D eigenvalue weighted by Gasteiger charge is -2.30. The second-order valence-electron chi connectivity index (χ2n) is 8.15. The second kappa shape index (κ2) is 9.16. The number of rotatable bonds is 8. The van der Waals surface area contributed by atoms with E-state index in [1.165, 1.54) is 6.92 Å². The molecule has 2 rings (SSSR count). The molecule has 156 valence electrons. The molecule has 0 spiro atoms. The predicted molar refractivity (Wildman–Crippen MR) is 100 cm³/mol. The van der Waals surface area contributed by atoms with Gasteiger partial charge in [-0.2, -0.15) is 4.98 Å². The lowest BCUT2D eigenvalue weighted by Crippen LogP contribution is -2.45. The zero-order valence-electron chi connectivity index (χ0n) is 16.8. The zero-order valence-corrected chi connectivity index (χ0v) is 16.8. The molecule has 2 amide bonds. The molecule has 0 aromatic carbocycles. The summed E-state index contributed by atoms with van der Waals surface area (Å²) in [5.41, 5.74) is -1.64. The summed E-state index contributed by atoms with van der Waals surface area (Å²) in [4.78, 5) is 39.3. The largest absolute Gasteiger partial charge is 0.481 e. The molecule has 0 unspecified atom stereocenters. The van der Waals surface area contributed by atoms with Crippen LogP contribution in [0, 0.1) is 5.41 Å². The van der Waals surface area contributed by atoms with Gasteiger partial charge < -0.3 is 20.3 Å². The highest BCUT2D eigenvalue weighted by atomic mass is 16.5. The molecular weight excluding hydrogens is 364 g/mol. The van der Waals surface area contributed by atoms with Crippen LogP contribution in [0.25, 0.3) is 0 Å². The molecule has 0 radical (unpaired) electrons. The molecule has 1 fully saturated rings. The lowest BCUT2D eigenvalue weighted by molar-refractivity contribution is -0.146. The minimum atomic E-state index is -1.03. The van der Waals surface area contributed by atoms with Crippen LogP contribution in [0.2, 0.25) is 0 Å². The number of nitrogens with one attached hydrogen (secondary N) is 2. The number of carboxylic acid groups (broad SMARTS) is 1. The van der Waals surface area contributed by atoms with Gasteiger partial charge in [-0.25, -0.2) is 0 Å². The summed E-state index contributed by atoms with van der Waals surface area (Å²) in [6, 6.07) is 0. The van der Waals surface area contributed by atoms with Crippen LogP contribution in [0.5, 0.6) is 0 Å². The molecule has 9 heteroatoms. The average molecular weight is 394 g/mol. The first-order valence-corrected chi connectivity index (χ1v) is 9.76. The minimum Gasteiger partial charge on any atom is -0.481 e. The second-order valence-corrected chi connectivity index (χ2v) is 8.15. The summed E-state index contributed by atoms with van der Waals surface area (Å²) >= 11 is 0. The molecule has 28 heavy (non-hydrogen) atoms. The van der Waals surface area contributed by atoms with Crippen molar-refractivity contribution in [1.29, 1.82) is 0 Å². The average Bonchev–Trinajstić information content (AvgIpc) is 2.98. The third-order valence-electron chi connectivity index (χ3n) is 5.14. The summed E-state index contributed by atoms with van der Waals surface area (Å²) in [5.74, 6) is -0.585. The van der Waals surface area contributed by atoms with Crippen LogP contribution in [0.3, 0.4) is 0 Å². The van der Waals surface area contributed by atoms with Gasteiger partial charge in [0, 0.05) is 26.3 Å². The molecule has 1 heterocycles. The highest BCUT2D eigenvalue weighted by Gasteiger charge is 2.38. The van der Waals surface area contributed by atoms with Crippen LogP contribution >= 0.6 is 0 Å². The normalized spacial score (nSPS) is 16.8. The number of carboxylic acids is 1. The van der Waals surface area contributed by atoms with Crippen LogP contribution in [0.15, 0.2) is 4.52 Å². The Kier molecular flexibility index (Phi) is 7.15. The summed E-state index contributed by atoms with van der Waals surface area (Å²) in [6.07, 6.45) is 6.06. The fourth-order valence-corrected chi connectivity index (χ4v) is 3.33. The SMILES string of the molecule is CC(=O)NC1(c2noc(CCC(=O)NCC(C)(C)C(=O)O)n2)CCCCCC1. The number of aryl methyl sites for hydroxylation is 1. The summed E-state index contributed by atoms with van der Waals surface area (Å²) in [6.45, 7) is 4.63. The van der Waals surface area contributed by atoms with E-state index in [0.29, 0.717) is 11.7 Å². The number of hydrogen-bond acceptors (Lipinski definition) is 6. The smallest absolute Gasteiger partial charge is 0.310 e. The topological polar surface area (TPSA) is 134 Å². The maximum Gasteiger partial charge on any atom is 0.310 e. The highest BCUT2D eigenvalue weighted by molar-refractivity contribution is 5.78. The van der Waals surface area contributed by atoms with Crippen LogP contribution in [0.1, 0.15) is 77.4 Å². The van der Waals surface area contributed by atoms with E-state index in [9.17, 15) is 14.4 Å². The van der Waals surface area contributed by atoms with Gasteiger partial charge in [0.15, 0.2) is 5.82 Å². The van der Waals surface area contributed by atoms with E-state index in [0.717, 1.165) is 38.5 Å². The zero-order chi connectivity index (χ0) is 20.8. The Balaban J connectivity index is 1.97. The first kappa shape index (κ1) is 21.8. The molecule has 1 aromatic heterocycles. The van der Waals surface area contributed by atoms with Crippen LogP contribution in [0.4, 0.5) is 0 Å². The Hall–Kier alpha value is -2.45. The number of aliphatic carboxylic acids is 1. The van der Waals surface area contributed by atoms with Gasteiger partial charge in [0.25, 0.3) is 0 Å². The van der Waals surface area contributed by atoms with Crippen LogP contribution in [-0.4, -0.2) is 39.6 Å². The number of amides is 2. The van der Waals surface area contributed by atoms with Crippen molar-refractivity contribution in [2.75, 3.05) is 6.54 Å². The quantitative estimate of drug-likeness (QED) is 0.573. The van der Waals surface area contributed by atoms with E-state index in [1.807, 2.05) is 0 Å². The van der Waals surface area contributed by atoms with E-state index < -0.39 is 16.9 Å². The maximum absolute atomic E-state index is 12.0. The number of carbonyl (C=O) groups is 3. The molecule has 0 atom stereocenters. The van der Waals surface area contributed by atoms with Gasteiger partial charge in [0.2, 0.25) is 17.7 Å². The van der Waals surface area contributed by atoms with E-state index in [1.54, 1.807) is 13.8 Å². The van der Waals surface area contributed by atoms with E-state index in [2.05, 4.69) is 20.8 Å². The number of carbonyl (C=O) groups excluding carboxylic acids is 2. The Morgan fingerprint density at radius 3 is 2.39 bits per heavy atom. The van der Waals surface area contributed by atoms with Crippen molar-refractivity contribution in [1.82, 2.24) is 20.8 Å². The molecule has 1 aliphatic carbocycles. The fraction of sp³-hybridized carbons (Fsp3) is 0.737. The van der Waals surface area contributed by atoms with E-state index >= 15 is 0 Å². The van der Waals surface area contributed by atoms with Crippen molar-refractivity contribution in [2.24, 2.45) is 5.41 Å². The van der Waals surface area contributed by atoms with Crippen LogP contribution in [-0.2, 0) is 26.3 Å². The standard InChI is InChI=1S/C19H30N4O5/c1-13(24)22-19(10-6-4-5-7-11-19)16-21-15(28-23-16)9-8-14(25)20-12-18(2,3)17(26)27/h4-12H2,1-3H3,(H,20,25)(H,22,24)(H,26,27). The van der Waals surface area contributed by atoms with Gasteiger partial charge in [-0.15, -0.1) is 0 Å². The molecular formula is C19H30N4O5. The van der Waals surface area contributed by atoms with Crippen molar-refractivity contribution in [3.05, 3.63) is 11.7 Å². The molecule has 3 N–H and O–H groups in total. The van der Waals surface area contributed by atoms with Crippen molar-refractivity contribution >= 4 is 17.8 Å². The van der Waals surface area contributed by atoms with E-state index in [4.69, 9.17) is 9.63 Å². The first-order chi connectivity index (χ1) is 13.1. The minimum absolute atomic E-state index is 0.0435. The van der Waals surface area contributed by atoms with Gasteiger partial charge in [-0.3, -0.25) is 14.4 Å². The molecule has 1 aliphatic rings. The third-order valence-corrected chi connectivity index (χ3v) is 5.14. The number of hydrogen-bond donors (Lipinski definition) is 3. The molecule has 0 bridgehead atoms. The van der Waals surface area contributed by atoms with E-state index in [-0.39, 0.29) is 31.2 Å². The summed E-state index contributed by atoms with van der Waals surface area (Å²) in [7, 11) is 0. The monoisotopic (exact) mass is 394 g/mol. The van der Waals surface area contributed by atoms with Gasteiger partial charge >= 0.3 is 5.97 Å². The first-order valence-electron chi connectivity index (χ1n) is 9.76. The summed E-state index contributed by atoms with van der Waals surface area (Å²) in [5, 5.41) is 18.8. The van der Waals surface area contributed by atoms with Gasteiger partial charge in [-0.1, -0.05) is 30.8 Å². The number of aromatic nitrogens is 2. The van der Waals surface area contributed by atoms with Crippen molar-refractivity contribution in [3.63, 3.8) is 0 Å². The molecule has 0 saturated heterocycles. The molecule has 1 saturated carbocycles. The Labute approximate surface area is 164 Å². The Morgan fingerprint density at radius 1 is 1.18 bits per heavy atom. The fourth-order valence-electron chi connectivity index (χ4n) is 3.33. The Morgan fingerprint density at radius 2 is 1.82 bits per heavy atom. The molecule has 9 nitrogen and oxygen atoms in total. The summed E-state index contributed by atoms with van der Waals surface area (Å²) < 4.78 is 5.31. The molecule has 0 aliphatic heterocycles. The number of nitrogens with zero attached hydrogens (tertiary/aromatic N) is 2. The lowest BCUT2D eigenvalue weighted by atomic mass is 9.89. The van der Waals surface area contributed by atoms with Gasteiger partial charge in [-0.05, 0) is 26.7 Å². The van der Waals surface area contributed by atoms with Crippen molar-refractivity contribution < 1.29 is 24.0 Å². The van der Waals surface area contributed by atoms with Crippen LogP contribution < -0.4 is 10.6 Å². The highest BCUT2D eigenvalue weighted by Crippen LogP contribution is 2.34. The van der Waals surface area contributed by atoms with Crippen molar-refractivity contribution in [2.45, 2.75) is 77.7 Å². The van der Waals surface area contributed by atoms with Gasteiger partial charge in [0.1, 0.15) is 5.54 Å². The maximum atomic E-state index is 12.0. The Bertz CT molecular complexity index is 705. The predicted octanol–water partition coefficient (Wildman–Crippen LogP) is 1.91. The third kappa shape index (κ3) is 5.77. The van der Waals surface area contributed by atoms with Gasteiger partial charge in [0.05, 0.1) is 5.41 Å². The molecule has 1 aromatic rings. The van der Waals surface area contributed by atoms with Crippen molar-refractivity contribution in [3.8, 4) is 0 Å².